The molecule has 3 heterocycles. The molecule has 0 aliphatic carbocycles. The maximum atomic E-state index is 5.89. The summed E-state index contributed by atoms with van der Waals surface area (Å²) < 4.78 is 5.89. The maximum absolute atomic E-state index is 5.89. The summed E-state index contributed by atoms with van der Waals surface area (Å²) in [6, 6.07) is 12.5. The molecule has 1 fully saturated rings. The molecule has 0 amide bonds. The average molecular weight is 337 g/mol. The number of benzene rings is 1. The van der Waals surface area contributed by atoms with Gasteiger partial charge >= 0.3 is 0 Å². The summed E-state index contributed by atoms with van der Waals surface area (Å²) in [5.74, 6) is 1.70. The first-order valence-corrected chi connectivity index (χ1v) is 8.91. The number of aromatic amines is 1. The highest BCUT2D eigenvalue weighted by molar-refractivity contribution is 5.78. The SMILES string of the molecule is CCCc1nc(C2CN(Cc3ccc4ccccc4n3)CCO2)n[nH]1. The largest absolute Gasteiger partial charge is 0.367 e. The topological polar surface area (TPSA) is 66.9 Å². The Bertz CT molecular complexity index is 846. The van der Waals surface area contributed by atoms with Gasteiger partial charge in [0.2, 0.25) is 0 Å². The number of ether oxygens (including phenoxy) is 1. The molecule has 4 rings (SSSR count). The molecule has 3 aromatic rings. The average Bonchev–Trinajstić information content (AvgIpc) is 3.11. The lowest BCUT2D eigenvalue weighted by Crippen LogP contribution is -2.38. The van der Waals surface area contributed by atoms with Crippen molar-refractivity contribution in [1.82, 2.24) is 25.1 Å². The van der Waals surface area contributed by atoms with Crippen LogP contribution in [0.25, 0.3) is 10.9 Å². The third kappa shape index (κ3) is 3.70. The number of hydrogen-bond donors (Lipinski definition) is 1. The minimum atomic E-state index is -0.0731. The highest BCUT2D eigenvalue weighted by Crippen LogP contribution is 2.21. The van der Waals surface area contributed by atoms with E-state index in [2.05, 4.69) is 51.3 Å². The molecule has 1 unspecified atom stereocenters. The Balaban J connectivity index is 1.44. The van der Waals surface area contributed by atoms with Crippen LogP contribution in [0.4, 0.5) is 0 Å². The summed E-state index contributed by atoms with van der Waals surface area (Å²) in [5.41, 5.74) is 2.13. The standard InChI is InChI=1S/C19H23N5O/c1-2-5-18-21-19(23-22-18)17-13-24(10-11-25-17)12-15-9-8-14-6-3-4-7-16(14)20-15/h3-4,6-9,17H,2,5,10-13H2,1H3,(H,21,22,23). The van der Waals surface area contributed by atoms with E-state index >= 15 is 0 Å². The number of fused-ring (bicyclic) bond motifs is 1. The van der Waals surface area contributed by atoms with Crippen LogP contribution in [0.3, 0.4) is 0 Å². The van der Waals surface area contributed by atoms with Crippen molar-refractivity contribution in [3.63, 3.8) is 0 Å². The molecule has 0 spiro atoms. The number of nitrogens with zero attached hydrogens (tertiary/aromatic N) is 4. The van der Waals surface area contributed by atoms with Crippen LogP contribution in [0.5, 0.6) is 0 Å². The van der Waals surface area contributed by atoms with E-state index in [0.29, 0.717) is 6.61 Å². The lowest BCUT2D eigenvalue weighted by molar-refractivity contribution is -0.0374. The van der Waals surface area contributed by atoms with E-state index in [9.17, 15) is 0 Å². The van der Waals surface area contributed by atoms with Gasteiger partial charge in [-0.2, -0.15) is 5.10 Å². The fourth-order valence-corrected chi connectivity index (χ4v) is 3.23. The van der Waals surface area contributed by atoms with Gasteiger partial charge in [0, 0.05) is 31.4 Å². The second-order valence-corrected chi connectivity index (χ2v) is 6.48. The summed E-state index contributed by atoms with van der Waals surface area (Å²) in [6.45, 7) is 5.33. The molecule has 1 saturated heterocycles. The van der Waals surface area contributed by atoms with Crippen LogP contribution in [0.15, 0.2) is 36.4 Å². The molecule has 130 valence electrons. The van der Waals surface area contributed by atoms with Gasteiger partial charge < -0.3 is 4.74 Å². The number of rotatable bonds is 5. The van der Waals surface area contributed by atoms with Gasteiger partial charge in [-0.25, -0.2) is 4.98 Å². The van der Waals surface area contributed by atoms with Crippen molar-refractivity contribution in [3.8, 4) is 0 Å². The summed E-state index contributed by atoms with van der Waals surface area (Å²) >= 11 is 0. The van der Waals surface area contributed by atoms with E-state index in [0.717, 1.165) is 55.3 Å². The van der Waals surface area contributed by atoms with E-state index in [4.69, 9.17) is 9.72 Å². The zero-order valence-corrected chi connectivity index (χ0v) is 14.5. The van der Waals surface area contributed by atoms with Gasteiger partial charge in [0.05, 0.1) is 17.8 Å². The molecule has 6 heteroatoms. The van der Waals surface area contributed by atoms with E-state index in [1.807, 2.05) is 12.1 Å². The first kappa shape index (κ1) is 16.2. The third-order valence-electron chi connectivity index (χ3n) is 4.52. The molecule has 0 bridgehead atoms. The lowest BCUT2D eigenvalue weighted by Gasteiger charge is -2.31. The molecule has 6 nitrogen and oxygen atoms in total. The van der Waals surface area contributed by atoms with Crippen LogP contribution in [-0.4, -0.2) is 44.8 Å². The van der Waals surface area contributed by atoms with Crippen LogP contribution in [0, 0.1) is 0 Å². The highest BCUT2D eigenvalue weighted by Gasteiger charge is 2.25. The minimum absolute atomic E-state index is 0.0731. The molecular formula is C19H23N5O. The van der Waals surface area contributed by atoms with Crippen molar-refractivity contribution in [1.29, 1.82) is 0 Å². The van der Waals surface area contributed by atoms with Crippen LogP contribution in [0.1, 0.15) is 36.8 Å². The monoisotopic (exact) mass is 337 g/mol. The summed E-state index contributed by atoms with van der Waals surface area (Å²) in [5, 5.41) is 8.53. The number of morpholine rings is 1. The predicted octanol–water partition coefficient (Wildman–Crippen LogP) is 2.88. The number of aromatic nitrogens is 4. The second kappa shape index (κ2) is 7.29. The number of aryl methyl sites for hydroxylation is 1. The van der Waals surface area contributed by atoms with Crippen molar-refractivity contribution < 1.29 is 4.74 Å². The van der Waals surface area contributed by atoms with Gasteiger partial charge in [-0.1, -0.05) is 31.2 Å². The van der Waals surface area contributed by atoms with Gasteiger partial charge in [-0.05, 0) is 18.6 Å². The quantitative estimate of drug-likeness (QED) is 0.775. The lowest BCUT2D eigenvalue weighted by atomic mass is 10.2. The van der Waals surface area contributed by atoms with Crippen molar-refractivity contribution in [2.45, 2.75) is 32.4 Å². The van der Waals surface area contributed by atoms with Crippen LogP contribution in [-0.2, 0) is 17.7 Å². The molecule has 0 radical (unpaired) electrons. The molecular weight excluding hydrogens is 314 g/mol. The van der Waals surface area contributed by atoms with E-state index < -0.39 is 0 Å². The summed E-state index contributed by atoms with van der Waals surface area (Å²) in [7, 11) is 0. The second-order valence-electron chi connectivity index (χ2n) is 6.48. The third-order valence-corrected chi connectivity index (χ3v) is 4.52. The zero-order valence-electron chi connectivity index (χ0n) is 14.5. The first-order valence-electron chi connectivity index (χ1n) is 8.91. The van der Waals surface area contributed by atoms with Crippen LogP contribution >= 0.6 is 0 Å². The molecule has 1 N–H and O–H groups in total. The highest BCUT2D eigenvalue weighted by atomic mass is 16.5. The van der Waals surface area contributed by atoms with Crippen molar-refractivity contribution in [2.75, 3.05) is 19.7 Å². The van der Waals surface area contributed by atoms with Crippen LogP contribution < -0.4 is 0 Å². The summed E-state index contributed by atoms with van der Waals surface area (Å²) in [6.07, 6.45) is 1.90. The summed E-state index contributed by atoms with van der Waals surface area (Å²) in [4.78, 5) is 11.7. The fraction of sp³-hybridized carbons (Fsp3) is 0.421. The van der Waals surface area contributed by atoms with Gasteiger partial charge in [-0.3, -0.25) is 15.0 Å². The minimum Gasteiger partial charge on any atom is -0.367 e. The smallest absolute Gasteiger partial charge is 0.180 e. The van der Waals surface area contributed by atoms with Gasteiger partial charge in [-0.15, -0.1) is 0 Å². The number of hydrogen-bond acceptors (Lipinski definition) is 5. The number of pyridine rings is 1. The Labute approximate surface area is 147 Å². The molecule has 0 saturated carbocycles. The predicted molar refractivity (Wildman–Crippen MR) is 96.1 cm³/mol. The normalized spacial score (nSPS) is 18.7. The molecule has 1 atom stereocenters. The maximum Gasteiger partial charge on any atom is 0.180 e. The number of H-pyrrole nitrogens is 1. The van der Waals surface area contributed by atoms with Crippen molar-refractivity contribution in [2.24, 2.45) is 0 Å². The van der Waals surface area contributed by atoms with Gasteiger partial charge in [0.25, 0.3) is 0 Å². The Hall–Kier alpha value is -2.31. The molecule has 2 aromatic heterocycles. The van der Waals surface area contributed by atoms with Gasteiger partial charge in [0.15, 0.2) is 5.82 Å². The molecule has 1 aliphatic rings. The van der Waals surface area contributed by atoms with Crippen LogP contribution in [0.2, 0.25) is 0 Å². The Morgan fingerprint density at radius 1 is 1.20 bits per heavy atom. The zero-order chi connectivity index (χ0) is 17.1. The molecule has 1 aliphatic heterocycles. The molecule has 25 heavy (non-hydrogen) atoms. The first-order chi connectivity index (χ1) is 12.3. The van der Waals surface area contributed by atoms with Gasteiger partial charge in [0.1, 0.15) is 11.9 Å². The molecule has 1 aromatic carbocycles. The number of para-hydroxylation sites is 1. The van der Waals surface area contributed by atoms with E-state index in [-0.39, 0.29) is 6.10 Å². The Kier molecular flexibility index (Phi) is 4.72. The van der Waals surface area contributed by atoms with Crippen molar-refractivity contribution >= 4 is 10.9 Å². The van der Waals surface area contributed by atoms with E-state index in [1.54, 1.807) is 0 Å². The Morgan fingerprint density at radius 3 is 3.04 bits per heavy atom. The fourth-order valence-electron chi connectivity index (χ4n) is 3.23. The Morgan fingerprint density at radius 2 is 2.12 bits per heavy atom. The van der Waals surface area contributed by atoms with E-state index in [1.165, 1.54) is 5.39 Å². The number of nitrogens with one attached hydrogen (secondary N) is 1. The van der Waals surface area contributed by atoms with Crippen molar-refractivity contribution in [3.05, 3.63) is 53.7 Å².